The van der Waals surface area contributed by atoms with Gasteiger partial charge in [-0.15, -0.1) is 5.10 Å². The predicted octanol–water partition coefficient (Wildman–Crippen LogP) is 3.64. The van der Waals surface area contributed by atoms with Crippen LogP contribution in [0.5, 0.6) is 0 Å². The number of aromatic nitrogens is 3. The van der Waals surface area contributed by atoms with Gasteiger partial charge in [-0.3, -0.25) is 4.79 Å². The number of carbonyl (C=O) groups excluding carboxylic acids is 1. The van der Waals surface area contributed by atoms with Gasteiger partial charge in [0.05, 0.1) is 24.7 Å². The molecule has 0 bridgehead atoms. The highest BCUT2D eigenvalue weighted by molar-refractivity contribution is 5.91. The molecule has 2 aromatic carbocycles. The summed E-state index contributed by atoms with van der Waals surface area (Å²) in [5.74, 6) is 0.0124. The molecule has 28 heavy (non-hydrogen) atoms. The number of halogens is 1. The summed E-state index contributed by atoms with van der Waals surface area (Å²) in [6, 6.07) is 14.1. The monoisotopic (exact) mass is 377 g/mol. The third-order valence-corrected chi connectivity index (χ3v) is 4.29. The van der Waals surface area contributed by atoms with Crippen LogP contribution >= 0.6 is 0 Å². The van der Waals surface area contributed by atoms with Crippen molar-refractivity contribution in [3.63, 3.8) is 0 Å². The fraction of sp³-hybridized carbons (Fsp3) is 0.238. The molecule has 0 atom stereocenters. The Balaban J connectivity index is 1.58. The van der Waals surface area contributed by atoms with Crippen LogP contribution in [-0.4, -0.2) is 20.9 Å². The summed E-state index contributed by atoms with van der Waals surface area (Å²) in [5, 5.41) is 19.7. The zero-order valence-corrected chi connectivity index (χ0v) is 15.7. The van der Waals surface area contributed by atoms with Crippen LogP contribution in [0.15, 0.2) is 48.7 Å². The Bertz CT molecular complexity index is 1020. The molecule has 0 unspecified atom stereocenters. The molecule has 0 aliphatic rings. The average Bonchev–Trinajstić information content (AvgIpc) is 3.09. The van der Waals surface area contributed by atoms with Crippen molar-refractivity contribution in [3.8, 4) is 6.07 Å². The third kappa shape index (κ3) is 4.80. The van der Waals surface area contributed by atoms with Crippen LogP contribution < -0.4 is 5.32 Å². The lowest BCUT2D eigenvalue weighted by Gasteiger charge is -2.07. The molecule has 3 rings (SSSR count). The number of nitrogens with one attached hydrogen (secondary N) is 1. The summed E-state index contributed by atoms with van der Waals surface area (Å²) in [4.78, 5) is 13.6. The summed E-state index contributed by atoms with van der Waals surface area (Å²) < 4.78 is 13.7. The average molecular weight is 377 g/mol. The van der Waals surface area contributed by atoms with Crippen molar-refractivity contribution in [3.05, 3.63) is 76.7 Å². The quantitative estimate of drug-likeness (QED) is 0.711. The van der Waals surface area contributed by atoms with Crippen LogP contribution in [0.3, 0.4) is 0 Å². The summed E-state index contributed by atoms with van der Waals surface area (Å²) in [6.45, 7) is 4.48. The normalized spacial score (nSPS) is 10.7. The molecule has 0 aliphatic carbocycles. The smallest absolute Gasteiger partial charge is 0.230 e. The first-order chi connectivity index (χ1) is 13.4. The van der Waals surface area contributed by atoms with Crippen LogP contribution in [0.2, 0.25) is 0 Å². The first kappa shape index (κ1) is 19.2. The Labute approximate surface area is 162 Å². The van der Waals surface area contributed by atoms with E-state index in [9.17, 15) is 9.18 Å². The highest BCUT2D eigenvalue weighted by atomic mass is 19.1. The molecule has 1 aromatic heterocycles. The first-order valence-electron chi connectivity index (χ1n) is 8.92. The van der Waals surface area contributed by atoms with Crippen LogP contribution in [0.4, 0.5) is 10.2 Å². The minimum atomic E-state index is -0.579. The van der Waals surface area contributed by atoms with E-state index in [1.54, 1.807) is 12.1 Å². The Hall–Kier alpha value is -3.53. The largest absolute Gasteiger partial charge is 0.308 e. The van der Waals surface area contributed by atoms with E-state index in [1.165, 1.54) is 28.7 Å². The molecule has 1 heterocycles. The maximum Gasteiger partial charge on any atom is 0.230 e. The maximum atomic E-state index is 13.7. The van der Waals surface area contributed by atoms with Crippen LogP contribution in [0, 0.1) is 17.1 Å². The van der Waals surface area contributed by atoms with Gasteiger partial charge in [0, 0.05) is 0 Å². The summed E-state index contributed by atoms with van der Waals surface area (Å²) >= 11 is 0. The minimum absolute atomic E-state index is 0.00782. The number of nitrogens with zero attached hydrogens (tertiary/aromatic N) is 4. The van der Waals surface area contributed by atoms with E-state index in [-0.39, 0.29) is 24.4 Å². The van der Waals surface area contributed by atoms with Gasteiger partial charge in [-0.1, -0.05) is 44.2 Å². The van der Waals surface area contributed by atoms with E-state index in [4.69, 9.17) is 5.26 Å². The van der Waals surface area contributed by atoms with E-state index in [0.29, 0.717) is 17.3 Å². The van der Waals surface area contributed by atoms with E-state index in [2.05, 4.69) is 29.4 Å². The molecule has 6 nitrogen and oxygen atoms in total. The van der Waals surface area contributed by atoms with Gasteiger partial charge in [-0.2, -0.15) is 15.2 Å². The van der Waals surface area contributed by atoms with Crippen molar-refractivity contribution in [2.75, 3.05) is 5.32 Å². The van der Waals surface area contributed by atoms with Crippen molar-refractivity contribution in [2.45, 2.75) is 32.7 Å². The van der Waals surface area contributed by atoms with Crippen molar-refractivity contribution in [1.29, 1.82) is 5.26 Å². The molecule has 0 fully saturated rings. The van der Waals surface area contributed by atoms with Crippen molar-refractivity contribution in [1.82, 2.24) is 15.0 Å². The van der Waals surface area contributed by atoms with Crippen molar-refractivity contribution in [2.24, 2.45) is 0 Å². The van der Waals surface area contributed by atoms with E-state index < -0.39 is 5.82 Å². The number of rotatable bonds is 6. The second kappa shape index (κ2) is 8.44. The van der Waals surface area contributed by atoms with Gasteiger partial charge in [-0.25, -0.2) is 4.39 Å². The zero-order chi connectivity index (χ0) is 20.1. The van der Waals surface area contributed by atoms with Gasteiger partial charge in [0.2, 0.25) is 5.91 Å². The number of anilines is 1. The fourth-order valence-electron chi connectivity index (χ4n) is 2.73. The molecule has 1 amide bonds. The van der Waals surface area contributed by atoms with Crippen LogP contribution in [0.25, 0.3) is 0 Å². The summed E-state index contributed by atoms with van der Waals surface area (Å²) in [7, 11) is 0. The molecule has 1 N–H and O–H groups in total. The molecule has 142 valence electrons. The molecule has 3 aromatic rings. The molecule has 7 heteroatoms. The molecular formula is C21H20FN5O. The van der Waals surface area contributed by atoms with Gasteiger partial charge >= 0.3 is 0 Å². The lowest BCUT2D eigenvalue weighted by atomic mass is 10.0. The molecule has 0 saturated carbocycles. The summed E-state index contributed by atoms with van der Waals surface area (Å²) in [5.41, 5.74) is 2.76. The van der Waals surface area contributed by atoms with Gasteiger partial charge in [-0.05, 0) is 34.7 Å². The predicted molar refractivity (Wildman–Crippen MR) is 103 cm³/mol. The Morgan fingerprint density at radius 1 is 1.21 bits per heavy atom. The fourth-order valence-corrected chi connectivity index (χ4v) is 2.73. The number of carbonyl (C=O) groups is 1. The van der Waals surface area contributed by atoms with E-state index in [0.717, 1.165) is 5.56 Å². The SMILES string of the molecule is CC(C)c1ccc(CC(=O)Nc2cnn(Cc3ccc(C#N)c(F)c3)n2)cc1. The molecule has 0 radical (unpaired) electrons. The number of hydrogen-bond acceptors (Lipinski definition) is 4. The van der Waals surface area contributed by atoms with Gasteiger partial charge in [0.25, 0.3) is 0 Å². The first-order valence-corrected chi connectivity index (χ1v) is 8.92. The third-order valence-electron chi connectivity index (χ3n) is 4.29. The highest BCUT2D eigenvalue weighted by Gasteiger charge is 2.09. The van der Waals surface area contributed by atoms with E-state index >= 15 is 0 Å². The highest BCUT2D eigenvalue weighted by Crippen LogP contribution is 2.15. The second-order valence-electron chi connectivity index (χ2n) is 6.81. The van der Waals surface area contributed by atoms with Crippen molar-refractivity contribution < 1.29 is 9.18 Å². The topological polar surface area (TPSA) is 83.6 Å². The Kier molecular flexibility index (Phi) is 5.80. The minimum Gasteiger partial charge on any atom is -0.308 e. The Morgan fingerprint density at radius 3 is 2.57 bits per heavy atom. The van der Waals surface area contributed by atoms with Gasteiger partial charge < -0.3 is 5.32 Å². The zero-order valence-electron chi connectivity index (χ0n) is 15.7. The Morgan fingerprint density at radius 2 is 1.93 bits per heavy atom. The van der Waals surface area contributed by atoms with Crippen molar-refractivity contribution >= 4 is 11.7 Å². The lowest BCUT2D eigenvalue weighted by molar-refractivity contribution is -0.115. The number of amides is 1. The summed E-state index contributed by atoms with van der Waals surface area (Å²) in [6.07, 6.45) is 1.69. The molecule has 0 aliphatic heterocycles. The second-order valence-corrected chi connectivity index (χ2v) is 6.81. The van der Waals surface area contributed by atoms with Gasteiger partial charge in [0.1, 0.15) is 11.9 Å². The maximum absolute atomic E-state index is 13.7. The number of nitriles is 1. The van der Waals surface area contributed by atoms with Gasteiger partial charge in [0.15, 0.2) is 5.82 Å². The lowest BCUT2D eigenvalue weighted by Crippen LogP contribution is -2.15. The van der Waals surface area contributed by atoms with Crippen LogP contribution in [-0.2, 0) is 17.8 Å². The number of benzene rings is 2. The molecule has 0 saturated heterocycles. The number of hydrogen-bond donors (Lipinski definition) is 1. The molecular weight excluding hydrogens is 357 g/mol. The standard InChI is InChI=1S/C21H20FN5O/c1-14(2)17-6-3-15(4-7-17)10-21(28)25-20-12-24-27(26-20)13-16-5-8-18(11-23)19(22)9-16/h3-9,12,14H,10,13H2,1-2H3,(H,25,26,28). The molecule has 0 spiro atoms. The van der Waals surface area contributed by atoms with E-state index in [1.807, 2.05) is 24.3 Å². The van der Waals surface area contributed by atoms with Crippen LogP contribution in [0.1, 0.15) is 42.0 Å².